The Morgan fingerprint density at radius 2 is 1.94 bits per heavy atom. The van der Waals surface area contributed by atoms with Gasteiger partial charge in [0.2, 0.25) is 0 Å². The van der Waals surface area contributed by atoms with Gasteiger partial charge in [-0.2, -0.15) is 0 Å². The molecule has 5 rings (SSSR count). The van der Waals surface area contributed by atoms with Gasteiger partial charge in [0, 0.05) is 10.3 Å². The van der Waals surface area contributed by atoms with Crippen LogP contribution in [0.2, 0.25) is 0 Å². The molecule has 4 heterocycles. The average molecular weight is 504 g/mol. The van der Waals surface area contributed by atoms with Crippen LogP contribution in [0.3, 0.4) is 0 Å². The molecule has 4 aromatic rings. The number of fused-ring (bicyclic) bond motifs is 1. The van der Waals surface area contributed by atoms with Crippen molar-refractivity contribution in [3.63, 3.8) is 0 Å². The predicted octanol–water partition coefficient (Wildman–Crippen LogP) is 4.58. The third kappa shape index (κ3) is 4.58. The number of rotatable bonds is 7. The van der Waals surface area contributed by atoms with Crippen LogP contribution in [0.5, 0.6) is 0 Å². The van der Waals surface area contributed by atoms with Gasteiger partial charge in [-0.05, 0) is 42.6 Å². The number of hydrogen-bond acceptors (Lipinski definition) is 8. The van der Waals surface area contributed by atoms with E-state index in [0.717, 1.165) is 4.88 Å². The molecule has 1 aliphatic heterocycles. The number of aromatic nitrogens is 1. The summed E-state index contributed by atoms with van der Waals surface area (Å²) in [6, 6.07) is 14.7. The zero-order valence-electron chi connectivity index (χ0n) is 19.1. The summed E-state index contributed by atoms with van der Waals surface area (Å²) >= 11 is 1.39. The van der Waals surface area contributed by atoms with E-state index in [1.54, 1.807) is 43.3 Å². The normalized spacial score (nSPS) is 15.4. The fourth-order valence-corrected chi connectivity index (χ4v) is 4.75. The molecule has 0 saturated carbocycles. The molecule has 1 aromatic carbocycles. The van der Waals surface area contributed by atoms with Crippen LogP contribution >= 0.6 is 11.3 Å². The van der Waals surface area contributed by atoms with E-state index in [1.165, 1.54) is 17.6 Å². The highest BCUT2D eigenvalue weighted by atomic mass is 32.1. The number of carbonyl (C=O) groups is 3. The molecular weight excluding hydrogens is 482 g/mol. The second-order valence-electron chi connectivity index (χ2n) is 7.79. The van der Waals surface area contributed by atoms with Gasteiger partial charge in [-0.1, -0.05) is 24.3 Å². The molecule has 182 valence electrons. The molecule has 36 heavy (non-hydrogen) atoms. The number of carbonyl (C=O) groups excluding carboxylic acids is 3. The third-order valence-corrected chi connectivity index (χ3v) is 6.47. The summed E-state index contributed by atoms with van der Waals surface area (Å²) in [6.07, 6.45) is 1.53. The van der Waals surface area contributed by atoms with Crippen LogP contribution < -0.4 is 10.6 Å². The number of urea groups is 1. The quantitative estimate of drug-likeness (QED) is 0.354. The lowest BCUT2D eigenvalue weighted by Crippen LogP contribution is -2.46. The maximum atomic E-state index is 13.3. The standard InChI is InChI=1S/C26H21N3O6S/c1-2-33-25(31)22-19(28-26(32)29-23(22)21-10-6-12-36-21)14-35-24(30)16-13-18(20-9-5-11-34-20)27-17-8-4-3-7-15(16)17/h3-13,23H,2,14H2,1H3,(H2,28,29,32)/t23-/m1/s1. The molecule has 0 radical (unpaired) electrons. The summed E-state index contributed by atoms with van der Waals surface area (Å²) < 4.78 is 16.3. The number of nitrogens with one attached hydrogen (secondary N) is 2. The van der Waals surface area contributed by atoms with Gasteiger partial charge in [0.05, 0.1) is 41.3 Å². The molecule has 0 aliphatic carbocycles. The Morgan fingerprint density at radius 1 is 1.08 bits per heavy atom. The van der Waals surface area contributed by atoms with Gasteiger partial charge < -0.3 is 24.5 Å². The second-order valence-corrected chi connectivity index (χ2v) is 8.76. The van der Waals surface area contributed by atoms with Crippen molar-refractivity contribution in [1.82, 2.24) is 15.6 Å². The predicted molar refractivity (Wildman–Crippen MR) is 132 cm³/mol. The molecule has 0 saturated heterocycles. The molecule has 0 unspecified atom stereocenters. The van der Waals surface area contributed by atoms with Gasteiger partial charge >= 0.3 is 18.0 Å². The van der Waals surface area contributed by atoms with Gasteiger partial charge in [0.1, 0.15) is 12.3 Å². The van der Waals surface area contributed by atoms with E-state index in [4.69, 9.17) is 13.9 Å². The molecule has 0 fully saturated rings. The number of thiophene rings is 1. The Labute approximate surface area is 209 Å². The van der Waals surface area contributed by atoms with Crippen molar-refractivity contribution < 1.29 is 28.3 Å². The number of amides is 2. The van der Waals surface area contributed by atoms with Crippen LogP contribution in [-0.2, 0) is 14.3 Å². The van der Waals surface area contributed by atoms with Crippen molar-refractivity contribution in [3.05, 3.63) is 88.0 Å². The maximum Gasteiger partial charge on any atom is 0.339 e. The highest BCUT2D eigenvalue weighted by molar-refractivity contribution is 7.10. The summed E-state index contributed by atoms with van der Waals surface area (Å²) in [6.45, 7) is 1.51. The number of furan rings is 1. The van der Waals surface area contributed by atoms with Crippen molar-refractivity contribution in [1.29, 1.82) is 0 Å². The molecule has 0 spiro atoms. The fourth-order valence-electron chi connectivity index (χ4n) is 3.96. The number of esters is 2. The first-order valence-corrected chi connectivity index (χ1v) is 12.0. The van der Waals surface area contributed by atoms with E-state index < -0.39 is 24.0 Å². The number of nitrogens with zero attached hydrogens (tertiary/aromatic N) is 1. The van der Waals surface area contributed by atoms with Gasteiger partial charge in [-0.15, -0.1) is 11.3 Å². The van der Waals surface area contributed by atoms with Crippen LogP contribution in [0.1, 0.15) is 28.2 Å². The Morgan fingerprint density at radius 3 is 2.69 bits per heavy atom. The van der Waals surface area contributed by atoms with Crippen molar-refractivity contribution in [2.45, 2.75) is 13.0 Å². The topological polar surface area (TPSA) is 120 Å². The van der Waals surface area contributed by atoms with Gasteiger partial charge in [-0.25, -0.2) is 19.4 Å². The smallest absolute Gasteiger partial charge is 0.339 e. The largest absolute Gasteiger partial charge is 0.463 e. The first-order valence-electron chi connectivity index (χ1n) is 11.2. The lowest BCUT2D eigenvalue weighted by Gasteiger charge is -2.28. The van der Waals surface area contributed by atoms with E-state index in [9.17, 15) is 14.4 Å². The molecule has 0 bridgehead atoms. The first kappa shape index (κ1) is 23.3. The molecule has 2 amide bonds. The first-order chi connectivity index (χ1) is 17.5. The lowest BCUT2D eigenvalue weighted by molar-refractivity contribution is -0.139. The minimum atomic E-state index is -0.723. The molecular formula is C26H21N3O6S. The molecule has 10 heteroatoms. The van der Waals surface area contributed by atoms with Crippen molar-refractivity contribution >= 4 is 40.2 Å². The monoisotopic (exact) mass is 503 g/mol. The average Bonchev–Trinajstić information content (AvgIpc) is 3.61. The van der Waals surface area contributed by atoms with Crippen LogP contribution in [0.15, 0.2) is 81.9 Å². The molecule has 1 atom stereocenters. The van der Waals surface area contributed by atoms with Gasteiger partial charge in [-0.3, -0.25) is 0 Å². The minimum absolute atomic E-state index is 0.152. The summed E-state index contributed by atoms with van der Waals surface area (Å²) in [5, 5.41) is 7.80. The van der Waals surface area contributed by atoms with E-state index in [0.29, 0.717) is 22.4 Å². The van der Waals surface area contributed by atoms with E-state index in [1.807, 2.05) is 23.6 Å². The van der Waals surface area contributed by atoms with E-state index in [-0.39, 0.29) is 30.0 Å². The van der Waals surface area contributed by atoms with E-state index >= 15 is 0 Å². The van der Waals surface area contributed by atoms with Crippen LogP contribution in [0.25, 0.3) is 22.4 Å². The number of pyridine rings is 1. The minimum Gasteiger partial charge on any atom is -0.463 e. The Balaban J connectivity index is 1.49. The second kappa shape index (κ2) is 10.0. The summed E-state index contributed by atoms with van der Waals surface area (Å²) in [5.74, 6) is -0.743. The van der Waals surface area contributed by atoms with Crippen LogP contribution in [0, 0.1) is 0 Å². The third-order valence-electron chi connectivity index (χ3n) is 5.53. The van der Waals surface area contributed by atoms with E-state index in [2.05, 4.69) is 15.6 Å². The summed E-state index contributed by atoms with van der Waals surface area (Å²) in [4.78, 5) is 43.9. The maximum absolute atomic E-state index is 13.3. The Hall–Kier alpha value is -4.44. The number of benzene rings is 1. The number of hydrogen-bond donors (Lipinski definition) is 2. The van der Waals surface area contributed by atoms with Crippen LogP contribution in [-0.4, -0.2) is 36.2 Å². The fraction of sp³-hybridized carbons (Fsp3) is 0.154. The number of ether oxygens (including phenoxy) is 2. The highest BCUT2D eigenvalue weighted by Crippen LogP contribution is 2.31. The summed E-state index contributed by atoms with van der Waals surface area (Å²) in [7, 11) is 0. The van der Waals surface area contributed by atoms with Crippen molar-refractivity contribution in [2.24, 2.45) is 0 Å². The molecule has 9 nitrogen and oxygen atoms in total. The zero-order valence-corrected chi connectivity index (χ0v) is 20.0. The van der Waals surface area contributed by atoms with Crippen molar-refractivity contribution in [3.8, 4) is 11.5 Å². The SMILES string of the molecule is CCOC(=O)C1=C(COC(=O)c2cc(-c3ccco3)nc3ccccc23)NC(=O)N[C@@H]1c1cccs1. The molecule has 3 aromatic heterocycles. The zero-order chi connectivity index (χ0) is 25.1. The van der Waals surface area contributed by atoms with Gasteiger partial charge in [0.25, 0.3) is 0 Å². The summed E-state index contributed by atoms with van der Waals surface area (Å²) in [5.41, 5.74) is 1.69. The van der Waals surface area contributed by atoms with Crippen LogP contribution in [0.4, 0.5) is 4.79 Å². The van der Waals surface area contributed by atoms with Gasteiger partial charge in [0.15, 0.2) is 5.76 Å². The highest BCUT2D eigenvalue weighted by Gasteiger charge is 2.35. The Kier molecular flexibility index (Phi) is 6.50. The lowest BCUT2D eigenvalue weighted by atomic mass is 10.0. The molecule has 1 aliphatic rings. The van der Waals surface area contributed by atoms with Crippen molar-refractivity contribution in [2.75, 3.05) is 13.2 Å². The molecule has 2 N–H and O–H groups in total. The number of para-hydroxylation sites is 1. The Bertz CT molecular complexity index is 1460.